The van der Waals surface area contributed by atoms with Crippen molar-refractivity contribution in [2.24, 2.45) is 0 Å². The van der Waals surface area contributed by atoms with Crippen LogP contribution in [-0.2, 0) is 22.3 Å². The van der Waals surface area contributed by atoms with E-state index in [0.717, 1.165) is 51.9 Å². The monoisotopic (exact) mass is 810 g/mol. The van der Waals surface area contributed by atoms with Gasteiger partial charge in [0.1, 0.15) is 17.0 Å². The van der Waals surface area contributed by atoms with Crippen molar-refractivity contribution in [2.75, 3.05) is 27.2 Å². The number of nitrogens with one attached hydrogen (secondary N) is 2. The molecule has 302 valence electrons. The van der Waals surface area contributed by atoms with Crippen LogP contribution in [0.4, 0.5) is 14.0 Å². The summed E-state index contributed by atoms with van der Waals surface area (Å²) >= 11 is 3.46. The second-order valence-electron chi connectivity index (χ2n) is 16.0. The van der Waals surface area contributed by atoms with Crippen LogP contribution in [0, 0.1) is 5.82 Å². The lowest BCUT2D eigenvalue weighted by atomic mass is 10.1. The summed E-state index contributed by atoms with van der Waals surface area (Å²) in [5.41, 5.74) is 3.53. The first-order valence-electron chi connectivity index (χ1n) is 19.3. The molecule has 2 heterocycles. The van der Waals surface area contributed by atoms with Gasteiger partial charge < -0.3 is 29.2 Å². The van der Waals surface area contributed by atoms with Gasteiger partial charge in [0.05, 0.1) is 0 Å². The number of ether oxygens (including phenoxy) is 2. The molecule has 4 aromatic carbocycles. The van der Waals surface area contributed by atoms with Gasteiger partial charge in [0.25, 0.3) is 0 Å². The normalized spacial score (nSPS) is 11.6. The molecule has 2 N–H and O–H groups in total. The van der Waals surface area contributed by atoms with Gasteiger partial charge >= 0.3 is 12.2 Å². The van der Waals surface area contributed by atoms with Crippen LogP contribution in [0.2, 0.25) is 0 Å². The van der Waals surface area contributed by atoms with Crippen molar-refractivity contribution in [1.29, 1.82) is 0 Å². The molecule has 57 heavy (non-hydrogen) atoms. The first kappa shape index (κ1) is 43.3. The summed E-state index contributed by atoms with van der Waals surface area (Å²) in [5, 5.41) is 2.25. The summed E-state index contributed by atoms with van der Waals surface area (Å²) in [6.45, 7) is 12.5. The van der Waals surface area contributed by atoms with Crippen molar-refractivity contribution in [1.82, 2.24) is 19.8 Å². The fraction of sp³-hybridized carbons (Fsp3) is 0.348. The fourth-order valence-electron chi connectivity index (χ4n) is 6.02. The SMILES string of the molecule is CN(CCCc1ccccc1Sc1c[nH]c2cc(F)ccc12)C(=O)OC(C)(C)C.CN(CCCc1ccccc1Sc1c[nH]c2ccccc12)C(=O)OC(C)(C)C. The number of hydrogen-bond donors (Lipinski definition) is 2. The summed E-state index contributed by atoms with van der Waals surface area (Å²) in [6, 6.07) is 29.9. The predicted molar refractivity (Wildman–Crippen MR) is 232 cm³/mol. The smallest absolute Gasteiger partial charge is 0.410 e. The molecule has 0 aliphatic carbocycles. The van der Waals surface area contributed by atoms with E-state index in [0.29, 0.717) is 13.1 Å². The van der Waals surface area contributed by atoms with Crippen molar-refractivity contribution < 1.29 is 23.5 Å². The number of carbonyl (C=O) groups excluding carboxylic acids is 2. The molecule has 0 radical (unpaired) electrons. The van der Waals surface area contributed by atoms with Crippen molar-refractivity contribution >= 4 is 57.5 Å². The highest BCUT2D eigenvalue weighted by atomic mass is 32.2. The number of nitrogens with zero attached hydrogens (tertiary/aromatic N) is 2. The Labute approximate surface area is 344 Å². The summed E-state index contributed by atoms with van der Waals surface area (Å²) in [6.07, 6.45) is 6.92. The highest BCUT2D eigenvalue weighted by Gasteiger charge is 2.21. The maximum atomic E-state index is 13.4. The third-order valence-electron chi connectivity index (χ3n) is 8.83. The minimum atomic E-state index is -0.489. The molecule has 0 spiro atoms. The lowest BCUT2D eigenvalue weighted by Gasteiger charge is -2.24. The van der Waals surface area contributed by atoms with E-state index in [1.165, 1.54) is 38.4 Å². The minimum absolute atomic E-state index is 0.245. The van der Waals surface area contributed by atoms with Gasteiger partial charge in [0, 0.05) is 81.0 Å². The number of halogens is 1. The highest BCUT2D eigenvalue weighted by molar-refractivity contribution is 8.00. The van der Waals surface area contributed by atoms with Gasteiger partial charge in [-0.15, -0.1) is 0 Å². The maximum absolute atomic E-state index is 13.4. The molecule has 8 nitrogen and oxygen atoms in total. The number of fused-ring (bicyclic) bond motifs is 2. The van der Waals surface area contributed by atoms with E-state index in [1.54, 1.807) is 47.4 Å². The molecule has 6 rings (SSSR count). The largest absolute Gasteiger partial charge is 0.444 e. The van der Waals surface area contributed by atoms with Crippen molar-refractivity contribution in [3.63, 3.8) is 0 Å². The zero-order valence-electron chi connectivity index (χ0n) is 34.3. The number of aromatic amines is 2. The van der Waals surface area contributed by atoms with E-state index in [-0.39, 0.29) is 18.0 Å². The van der Waals surface area contributed by atoms with Crippen LogP contribution in [0.5, 0.6) is 0 Å². The fourth-order valence-corrected chi connectivity index (χ4v) is 8.20. The average Bonchev–Trinajstić information content (AvgIpc) is 3.75. The van der Waals surface area contributed by atoms with Crippen LogP contribution in [0.25, 0.3) is 21.8 Å². The van der Waals surface area contributed by atoms with Crippen LogP contribution in [0.3, 0.4) is 0 Å². The Hall–Kier alpha value is -4.87. The molecule has 0 saturated carbocycles. The number of aryl methyl sites for hydroxylation is 2. The molecule has 0 unspecified atom stereocenters. The van der Waals surface area contributed by atoms with Crippen LogP contribution in [0.15, 0.2) is 123 Å². The Morgan fingerprint density at radius 1 is 0.596 bits per heavy atom. The van der Waals surface area contributed by atoms with E-state index in [9.17, 15) is 14.0 Å². The molecule has 2 amide bonds. The number of aromatic nitrogens is 2. The molecule has 0 aliphatic heterocycles. The van der Waals surface area contributed by atoms with Crippen LogP contribution in [0.1, 0.15) is 65.5 Å². The lowest BCUT2D eigenvalue weighted by Crippen LogP contribution is -2.34. The molecule has 0 fully saturated rings. The van der Waals surface area contributed by atoms with Crippen molar-refractivity contribution in [3.05, 3.63) is 120 Å². The Bertz CT molecular complexity index is 2250. The van der Waals surface area contributed by atoms with E-state index in [2.05, 4.69) is 70.8 Å². The molecule has 6 aromatic rings. The second kappa shape index (κ2) is 19.5. The van der Waals surface area contributed by atoms with Gasteiger partial charge in [0.15, 0.2) is 0 Å². The van der Waals surface area contributed by atoms with Crippen LogP contribution < -0.4 is 0 Å². The second-order valence-corrected chi connectivity index (χ2v) is 18.1. The van der Waals surface area contributed by atoms with Crippen molar-refractivity contribution in [2.45, 2.75) is 98.0 Å². The first-order valence-corrected chi connectivity index (χ1v) is 20.9. The van der Waals surface area contributed by atoms with E-state index in [1.807, 2.05) is 72.0 Å². The summed E-state index contributed by atoms with van der Waals surface area (Å²) in [7, 11) is 3.56. The molecule has 0 saturated heterocycles. The number of para-hydroxylation sites is 1. The molecular formula is C46H55FN4O4S2. The molecule has 0 aliphatic rings. The van der Waals surface area contributed by atoms with E-state index < -0.39 is 11.2 Å². The first-order chi connectivity index (χ1) is 27.1. The lowest BCUT2D eigenvalue weighted by molar-refractivity contribution is 0.0287. The molecule has 11 heteroatoms. The summed E-state index contributed by atoms with van der Waals surface area (Å²) in [5.74, 6) is -0.245. The summed E-state index contributed by atoms with van der Waals surface area (Å²) in [4.78, 5) is 38.7. The topological polar surface area (TPSA) is 90.7 Å². The standard InChI is InChI=1S/C23H27FN2O2S.C23H28N2O2S/c1-23(2,3)28-22(27)26(4)13-7-9-16-8-5-6-10-20(16)29-21-15-25-19-14-17(24)11-12-18(19)21;1-23(2,3)27-22(26)25(4)15-9-11-17-10-5-8-14-20(17)28-21-16-24-19-13-7-6-12-18(19)21/h5-6,8,10-12,14-15,25H,7,9,13H2,1-4H3;5-8,10,12-14,16,24H,9,11,15H2,1-4H3. The van der Waals surface area contributed by atoms with E-state index in [4.69, 9.17) is 9.47 Å². The Morgan fingerprint density at radius 3 is 1.54 bits per heavy atom. The quantitative estimate of drug-likeness (QED) is 0.128. The zero-order chi connectivity index (χ0) is 41.2. The number of hydrogen-bond acceptors (Lipinski definition) is 6. The Kier molecular flexibility index (Phi) is 14.8. The highest BCUT2D eigenvalue weighted by Crippen LogP contribution is 2.37. The van der Waals surface area contributed by atoms with Gasteiger partial charge in [-0.25, -0.2) is 14.0 Å². The molecular weight excluding hydrogens is 756 g/mol. The molecule has 0 bridgehead atoms. The maximum Gasteiger partial charge on any atom is 0.410 e. The average molecular weight is 811 g/mol. The number of benzene rings is 4. The van der Waals surface area contributed by atoms with Gasteiger partial charge in [-0.05, 0) is 115 Å². The number of rotatable bonds is 12. The zero-order valence-corrected chi connectivity index (χ0v) is 35.9. The van der Waals surface area contributed by atoms with Gasteiger partial charge in [-0.3, -0.25) is 0 Å². The number of H-pyrrole nitrogens is 2. The Morgan fingerprint density at radius 2 is 1.04 bits per heavy atom. The molecule has 2 aromatic heterocycles. The van der Waals surface area contributed by atoms with Crippen LogP contribution >= 0.6 is 23.5 Å². The number of amides is 2. The minimum Gasteiger partial charge on any atom is -0.444 e. The van der Waals surface area contributed by atoms with Gasteiger partial charge in [-0.1, -0.05) is 78.1 Å². The van der Waals surface area contributed by atoms with E-state index >= 15 is 0 Å². The van der Waals surface area contributed by atoms with Gasteiger partial charge in [-0.2, -0.15) is 0 Å². The third-order valence-corrected chi connectivity index (χ3v) is 11.2. The van der Waals surface area contributed by atoms with Gasteiger partial charge in [0.2, 0.25) is 0 Å². The van der Waals surface area contributed by atoms with Crippen molar-refractivity contribution in [3.8, 4) is 0 Å². The third kappa shape index (κ3) is 13.1. The molecule has 0 atom stereocenters. The summed E-state index contributed by atoms with van der Waals surface area (Å²) < 4.78 is 24.2. The number of carbonyl (C=O) groups is 2. The van der Waals surface area contributed by atoms with Crippen LogP contribution in [-0.4, -0.2) is 70.3 Å². The Balaban J connectivity index is 0.000000218. The predicted octanol–water partition coefficient (Wildman–Crippen LogP) is 12.4.